The number of hydrogen-bond donors (Lipinski definition) is 2. The van der Waals surface area contributed by atoms with Crippen molar-refractivity contribution < 1.29 is 4.79 Å². The molecule has 1 amide bonds. The van der Waals surface area contributed by atoms with E-state index in [1.807, 2.05) is 12.1 Å². The number of nitrogen functional groups attached to an aromatic ring is 1. The molecule has 0 spiro atoms. The molecule has 0 aliphatic rings. The molecule has 0 unspecified atom stereocenters. The predicted molar refractivity (Wildman–Crippen MR) is 60.7 cm³/mol. The summed E-state index contributed by atoms with van der Waals surface area (Å²) in [6, 6.07) is 7.18. The molecule has 0 saturated heterocycles. The van der Waals surface area contributed by atoms with E-state index in [1.54, 1.807) is 29.2 Å². The molecule has 1 aromatic heterocycles. The summed E-state index contributed by atoms with van der Waals surface area (Å²) in [4.78, 5) is 11.2. The third-order valence-electron chi connectivity index (χ3n) is 2.27. The lowest BCUT2D eigenvalue weighted by atomic mass is 10.1. The van der Waals surface area contributed by atoms with Gasteiger partial charge in [0.05, 0.1) is 18.4 Å². The van der Waals surface area contributed by atoms with E-state index in [9.17, 15) is 4.79 Å². The molecule has 0 radical (unpaired) electrons. The molecule has 1 aromatic carbocycles. The van der Waals surface area contributed by atoms with E-state index in [0.717, 1.165) is 5.56 Å². The van der Waals surface area contributed by atoms with Gasteiger partial charge in [0.25, 0.3) is 0 Å². The van der Waals surface area contributed by atoms with Crippen LogP contribution in [-0.4, -0.2) is 15.7 Å². The van der Waals surface area contributed by atoms with Crippen LogP contribution in [0.1, 0.15) is 15.9 Å². The smallest absolute Gasteiger partial charge is 0.249 e. The number of primary amides is 1. The van der Waals surface area contributed by atoms with Crippen molar-refractivity contribution in [3.05, 3.63) is 47.8 Å². The normalized spacial score (nSPS) is 10.2. The summed E-state index contributed by atoms with van der Waals surface area (Å²) in [7, 11) is 0. The van der Waals surface area contributed by atoms with E-state index in [1.165, 1.54) is 0 Å². The summed E-state index contributed by atoms with van der Waals surface area (Å²) >= 11 is 0. The first-order chi connectivity index (χ1) is 7.66. The molecule has 16 heavy (non-hydrogen) atoms. The summed E-state index contributed by atoms with van der Waals surface area (Å²) < 4.78 is 1.66. The van der Waals surface area contributed by atoms with E-state index in [0.29, 0.717) is 17.8 Å². The van der Waals surface area contributed by atoms with Crippen LogP contribution in [0.3, 0.4) is 0 Å². The summed E-state index contributed by atoms with van der Waals surface area (Å²) in [5, 5.41) is 4.05. The maximum atomic E-state index is 11.2. The Hall–Kier alpha value is -2.30. The van der Waals surface area contributed by atoms with E-state index < -0.39 is 5.91 Å². The average Bonchev–Trinajstić information content (AvgIpc) is 2.64. The van der Waals surface area contributed by atoms with Gasteiger partial charge in [0, 0.05) is 11.8 Å². The number of nitrogens with zero attached hydrogens (tertiary/aromatic N) is 2. The first-order valence-electron chi connectivity index (χ1n) is 4.82. The third kappa shape index (κ3) is 2.03. The van der Waals surface area contributed by atoms with Gasteiger partial charge in [-0.25, -0.2) is 0 Å². The zero-order chi connectivity index (χ0) is 11.5. The Morgan fingerprint density at radius 3 is 2.75 bits per heavy atom. The van der Waals surface area contributed by atoms with Crippen molar-refractivity contribution in [2.24, 2.45) is 5.73 Å². The lowest BCUT2D eigenvalue weighted by molar-refractivity contribution is 0.0999. The third-order valence-corrected chi connectivity index (χ3v) is 2.27. The quantitative estimate of drug-likeness (QED) is 0.788. The fourth-order valence-electron chi connectivity index (χ4n) is 1.54. The molecule has 0 bridgehead atoms. The van der Waals surface area contributed by atoms with Crippen molar-refractivity contribution >= 4 is 11.6 Å². The second-order valence-corrected chi connectivity index (χ2v) is 3.49. The van der Waals surface area contributed by atoms with Crippen molar-refractivity contribution in [3.63, 3.8) is 0 Å². The molecule has 4 N–H and O–H groups in total. The van der Waals surface area contributed by atoms with Crippen molar-refractivity contribution in [1.29, 1.82) is 0 Å². The van der Waals surface area contributed by atoms with E-state index in [-0.39, 0.29) is 0 Å². The molecule has 0 aliphatic heterocycles. The van der Waals surface area contributed by atoms with Crippen LogP contribution < -0.4 is 11.5 Å². The SMILES string of the molecule is NC(=O)c1ccccc1Cn1cc(N)cn1. The Bertz CT molecular complexity index is 518. The fraction of sp³-hybridized carbons (Fsp3) is 0.0909. The summed E-state index contributed by atoms with van der Waals surface area (Å²) in [6.07, 6.45) is 3.27. The maximum absolute atomic E-state index is 11.2. The fourth-order valence-corrected chi connectivity index (χ4v) is 1.54. The van der Waals surface area contributed by atoms with Gasteiger partial charge in [-0.15, -0.1) is 0 Å². The molecule has 0 aliphatic carbocycles. The van der Waals surface area contributed by atoms with E-state index in [4.69, 9.17) is 11.5 Å². The molecule has 5 heteroatoms. The first-order valence-corrected chi connectivity index (χ1v) is 4.82. The minimum atomic E-state index is -0.435. The van der Waals surface area contributed by atoms with Gasteiger partial charge >= 0.3 is 0 Å². The Kier molecular flexibility index (Phi) is 2.59. The number of anilines is 1. The van der Waals surface area contributed by atoms with Crippen molar-refractivity contribution in [1.82, 2.24) is 9.78 Å². The van der Waals surface area contributed by atoms with Gasteiger partial charge in [0.15, 0.2) is 0 Å². The second-order valence-electron chi connectivity index (χ2n) is 3.49. The number of amides is 1. The van der Waals surface area contributed by atoms with Gasteiger partial charge in [0.2, 0.25) is 5.91 Å². The Morgan fingerprint density at radius 2 is 2.12 bits per heavy atom. The van der Waals surface area contributed by atoms with Gasteiger partial charge in [-0.3, -0.25) is 9.48 Å². The Labute approximate surface area is 92.7 Å². The number of hydrogen-bond acceptors (Lipinski definition) is 3. The van der Waals surface area contributed by atoms with Gasteiger partial charge in [-0.2, -0.15) is 5.10 Å². The van der Waals surface area contributed by atoms with Gasteiger partial charge in [0.1, 0.15) is 0 Å². The highest BCUT2D eigenvalue weighted by Gasteiger charge is 2.07. The highest BCUT2D eigenvalue weighted by Crippen LogP contribution is 2.10. The van der Waals surface area contributed by atoms with Crippen LogP contribution in [-0.2, 0) is 6.54 Å². The zero-order valence-electron chi connectivity index (χ0n) is 8.63. The lowest BCUT2D eigenvalue weighted by Crippen LogP contribution is -2.15. The minimum absolute atomic E-state index is 0.435. The van der Waals surface area contributed by atoms with Crippen LogP contribution in [0.5, 0.6) is 0 Å². The number of rotatable bonds is 3. The molecule has 5 nitrogen and oxygen atoms in total. The van der Waals surface area contributed by atoms with Gasteiger partial charge < -0.3 is 11.5 Å². The summed E-state index contributed by atoms with van der Waals surface area (Å²) in [5.41, 5.74) is 12.8. The molecule has 0 fully saturated rings. The van der Waals surface area contributed by atoms with Gasteiger partial charge in [-0.05, 0) is 11.6 Å². The van der Waals surface area contributed by atoms with Crippen molar-refractivity contribution in [2.75, 3.05) is 5.73 Å². The van der Waals surface area contributed by atoms with Crippen LogP contribution in [0.4, 0.5) is 5.69 Å². The number of benzene rings is 1. The molecule has 82 valence electrons. The molecule has 0 saturated carbocycles. The van der Waals surface area contributed by atoms with Crippen LogP contribution in [0.15, 0.2) is 36.7 Å². The second kappa shape index (κ2) is 4.06. The monoisotopic (exact) mass is 216 g/mol. The Balaban J connectivity index is 2.31. The minimum Gasteiger partial charge on any atom is -0.396 e. The largest absolute Gasteiger partial charge is 0.396 e. The maximum Gasteiger partial charge on any atom is 0.249 e. The summed E-state index contributed by atoms with van der Waals surface area (Å²) in [6.45, 7) is 0.482. The van der Waals surface area contributed by atoms with Crippen molar-refractivity contribution in [2.45, 2.75) is 6.54 Å². The number of carbonyl (C=O) groups is 1. The van der Waals surface area contributed by atoms with Gasteiger partial charge in [-0.1, -0.05) is 18.2 Å². The standard InChI is InChI=1S/C11H12N4O/c12-9-5-14-15(7-9)6-8-3-1-2-4-10(8)11(13)16/h1-5,7H,6,12H2,(H2,13,16). The van der Waals surface area contributed by atoms with Crippen LogP contribution in [0.2, 0.25) is 0 Å². The topological polar surface area (TPSA) is 86.9 Å². The zero-order valence-corrected chi connectivity index (χ0v) is 8.63. The number of nitrogens with two attached hydrogens (primary N) is 2. The van der Waals surface area contributed by atoms with Crippen LogP contribution in [0, 0.1) is 0 Å². The van der Waals surface area contributed by atoms with Crippen LogP contribution >= 0.6 is 0 Å². The van der Waals surface area contributed by atoms with E-state index >= 15 is 0 Å². The molecule has 0 atom stereocenters. The molecule has 2 aromatic rings. The highest BCUT2D eigenvalue weighted by molar-refractivity contribution is 5.94. The first kappa shape index (κ1) is 10.2. The number of carbonyl (C=O) groups excluding carboxylic acids is 1. The summed E-state index contributed by atoms with van der Waals surface area (Å²) in [5.74, 6) is -0.435. The predicted octanol–water partition coefficient (Wildman–Crippen LogP) is 0.612. The molecule has 1 heterocycles. The van der Waals surface area contributed by atoms with Crippen molar-refractivity contribution in [3.8, 4) is 0 Å². The molecular weight excluding hydrogens is 204 g/mol. The molecule has 2 rings (SSSR count). The number of aromatic nitrogens is 2. The molecular formula is C11H12N4O. The van der Waals surface area contributed by atoms with Crippen LogP contribution in [0.25, 0.3) is 0 Å². The highest BCUT2D eigenvalue weighted by atomic mass is 16.1. The van der Waals surface area contributed by atoms with E-state index in [2.05, 4.69) is 5.10 Å². The Morgan fingerprint density at radius 1 is 1.38 bits per heavy atom. The lowest BCUT2D eigenvalue weighted by Gasteiger charge is -2.06. The average molecular weight is 216 g/mol.